The third kappa shape index (κ3) is 5.90. The van der Waals surface area contributed by atoms with Gasteiger partial charge in [-0.05, 0) is 55.0 Å². The monoisotopic (exact) mass is 490 g/mol. The van der Waals surface area contributed by atoms with E-state index in [1.807, 2.05) is 42.1 Å². The van der Waals surface area contributed by atoms with Crippen molar-refractivity contribution in [2.75, 3.05) is 17.8 Å². The van der Waals surface area contributed by atoms with Crippen molar-refractivity contribution in [3.63, 3.8) is 0 Å². The maximum atomic E-state index is 12.6. The largest absolute Gasteiger partial charge is 0.457 e. The second-order valence-electron chi connectivity index (χ2n) is 7.50. The molecule has 0 aliphatic heterocycles. The van der Waals surface area contributed by atoms with Gasteiger partial charge in [-0.1, -0.05) is 17.7 Å². The average molecular weight is 491 g/mol. The molecule has 4 aromatic rings. The van der Waals surface area contributed by atoms with Gasteiger partial charge in [0.2, 0.25) is 0 Å². The smallest absolute Gasteiger partial charge is 0.337 e. The van der Waals surface area contributed by atoms with E-state index in [1.165, 1.54) is 13.2 Å². The van der Waals surface area contributed by atoms with Crippen LogP contribution in [0.15, 0.2) is 79.3 Å². The summed E-state index contributed by atoms with van der Waals surface area (Å²) >= 11 is 6.29. The Hall–Kier alpha value is -4.50. The number of aryl methyl sites for hydroxylation is 1. The van der Waals surface area contributed by atoms with Crippen LogP contribution >= 0.6 is 11.6 Å². The molecule has 4 N–H and O–H groups in total. The van der Waals surface area contributed by atoms with Crippen LogP contribution in [0.1, 0.15) is 16.1 Å². The van der Waals surface area contributed by atoms with Crippen LogP contribution in [0.5, 0.6) is 11.5 Å². The Morgan fingerprint density at radius 3 is 2.54 bits per heavy atom. The number of amides is 3. The number of carbonyl (C=O) groups excluding carboxylic acids is 2. The van der Waals surface area contributed by atoms with E-state index in [0.29, 0.717) is 27.9 Å². The zero-order valence-electron chi connectivity index (χ0n) is 19.0. The Morgan fingerprint density at radius 1 is 1.00 bits per heavy atom. The van der Waals surface area contributed by atoms with Crippen molar-refractivity contribution < 1.29 is 14.3 Å². The molecule has 2 heterocycles. The Balaban J connectivity index is 1.41. The number of benzene rings is 2. The van der Waals surface area contributed by atoms with Gasteiger partial charge in [0.25, 0.3) is 5.91 Å². The molecule has 2 aromatic carbocycles. The maximum Gasteiger partial charge on any atom is 0.337 e. The summed E-state index contributed by atoms with van der Waals surface area (Å²) in [6, 6.07) is 17.1. The molecule has 0 saturated heterocycles. The highest BCUT2D eigenvalue weighted by atomic mass is 35.5. The second kappa shape index (κ2) is 10.6. The molecular weight excluding hydrogens is 468 g/mol. The average Bonchev–Trinajstić information content (AvgIpc) is 3.39. The molecule has 0 bridgehead atoms. The van der Waals surface area contributed by atoms with Gasteiger partial charge in [-0.15, -0.1) is 0 Å². The molecular formula is C25H23ClN6O3. The minimum Gasteiger partial charge on any atom is -0.457 e. The first-order valence-corrected chi connectivity index (χ1v) is 11.0. The summed E-state index contributed by atoms with van der Waals surface area (Å²) in [6.07, 6.45) is 5.26. The SMILES string of the molecule is CNC(=O)c1cc(Oc2cccc(NNC(=O)Nc3cc(Cl)c(C)cc3-n3cccc3)c2)ccn1. The lowest BCUT2D eigenvalue weighted by Gasteiger charge is -2.16. The summed E-state index contributed by atoms with van der Waals surface area (Å²) in [6.45, 7) is 1.90. The summed E-state index contributed by atoms with van der Waals surface area (Å²) in [5.41, 5.74) is 8.53. The number of halogens is 1. The molecule has 35 heavy (non-hydrogen) atoms. The Labute approximate surface area is 207 Å². The Morgan fingerprint density at radius 2 is 1.77 bits per heavy atom. The normalized spacial score (nSPS) is 10.4. The zero-order chi connectivity index (χ0) is 24.8. The number of hydrazine groups is 1. The zero-order valence-corrected chi connectivity index (χ0v) is 19.8. The maximum absolute atomic E-state index is 12.6. The summed E-state index contributed by atoms with van der Waals surface area (Å²) in [5.74, 6) is 0.651. The van der Waals surface area contributed by atoms with E-state index in [2.05, 4.69) is 26.5 Å². The highest BCUT2D eigenvalue weighted by molar-refractivity contribution is 6.31. The summed E-state index contributed by atoms with van der Waals surface area (Å²) in [7, 11) is 1.53. The van der Waals surface area contributed by atoms with Crippen molar-refractivity contribution in [1.82, 2.24) is 20.3 Å². The fourth-order valence-electron chi connectivity index (χ4n) is 3.26. The van der Waals surface area contributed by atoms with Crippen molar-refractivity contribution in [3.8, 4) is 17.2 Å². The standard InChI is InChI=1S/C25H23ClN6O3/c1-16-12-23(32-10-3-4-11-32)21(15-20(16)26)29-25(34)31-30-17-6-5-7-18(13-17)35-19-8-9-28-22(14-19)24(33)27-2/h3-15,30H,1-2H3,(H,27,33)(H2,29,31,34). The minimum atomic E-state index is -0.478. The molecule has 0 saturated carbocycles. The molecule has 4 rings (SSSR count). The molecule has 10 heteroatoms. The lowest BCUT2D eigenvalue weighted by Crippen LogP contribution is -2.33. The number of aromatic nitrogens is 2. The van der Waals surface area contributed by atoms with Crippen LogP contribution in [0.4, 0.5) is 16.2 Å². The first-order chi connectivity index (χ1) is 16.9. The number of hydrogen-bond donors (Lipinski definition) is 4. The number of pyridine rings is 1. The molecule has 0 aliphatic rings. The number of urea groups is 1. The quantitative estimate of drug-likeness (QED) is 0.268. The molecule has 3 amide bonds. The number of anilines is 2. The predicted molar refractivity (Wildman–Crippen MR) is 135 cm³/mol. The number of rotatable bonds is 7. The highest BCUT2D eigenvalue weighted by Gasteiger charge is 2.12. The van der Waals surface area contributed by atoms with Gasteiger partial charge in [0.15, 0.2) is 0 Å². The van der Waals surface area contributed by atoms with Crippen LogP contribution in [-0.2, 0) is 0 Å². The molecule has 0 radical (unpaired) electrons. The first-order valence-electron chi connectivity index (χ1n) is 10.7. The van der Waals surface area contributed by atoms with Crippen molar-refractivity contribution in [3.05, 3.63) is 95.5 Å². The number of hydrogen-bond acceptors (Lipinski definition) is 5. The van der Waals surface area contributed by atoms with Crippen LogP contribution in [0, 0.1) is 6.92 Å². The Bertz CT molecular complexity index is 1360. The van der Waals surface area contributed by atoms with E-state index in [4.69, 9.17) is 16.3 Å². The van der Waals surface area contributed by atoms with Crippen LogP contribution < -0.4 is 26.2 Å². The van der Waals surface area contributed by atoms with Crippen LogP contribution in [0.2, 0.25) is 5.02 Å². The molecule has 0 atom stereocenters. The van der Waals surface area contributed by atoms with Crippen molar-refractivity contribution in [1.29, 1.82) is 0 Å². The van der Waals surface area contributed by atoms with Crippen LogP contribution in [0.25, 0.3) is 5.69 Å². The fourth-order valence-corrected chi connectivity index (χ4v) is 3.42. The van der Waals surface area contributed by atoms with Gasteiger partial charge in [0.1, 0.15) is 17.2 Å². The van der Waals surface area contributed by atoms with Gasteiger partial charge >= 0.3 is 6.03 Å². The lowest BCUT2D eigenvalue weighted by molar-refractivity contribution is 0.0958. The molecule has 9 nitrogen and oxygen atoms in total. The third-order valence-corrected chi connectivity index (χ3v) is 5.40. The number of nitrogens with one attached hydrogen (secondary N) is 4. The van der Waals surface area contributed by atoms with E-state index >= 15 is 0 Å². The van der Waals surface area contributed by atoms with E-state index in [0.717, 1.165) is 11.3 Å². The number of ether oxygens (including phenoxy) is 1. The van der Waals surface area contributed by atoms with Crippen molar-refractivity contribution >= 4 is 34.9 Å². The molecule has 0 aliphatic carbocycles. The van der Waals surface area contributed by atoms with Crippen LogP contribution in [0.3, 0.4) is 0 Å². The Kier molecular flexibility index (Phi) is 7.18. The molecule has 178 valence electrons. The third-order valence-electron chi connectivity index (χ3n) is 4.99. The van der Waals surface area contributed by atoms with Gasteiger partial charge in [-0.25, -0.2) is 4.79 Å². The topological polar surface area (TPSA) is 109 Å². The van der Waals surface area contributed by atoms with Crippen molar-refractivity contribution in [2.24, 2.45) is 0 Å². The van der Waals surface area contributed by atoms with Gasteiger partial charge in [-0.2, -0.15) is 0 Å². The van der Waals surface area contributed by atoms with Gasteiger partial charge in [0, 0.05) is 42.8 Å². The molecule has 0 fully saturated rings. The summed E-state index contributed by atoms with van der Waals surface area (Å²) in [4.78, 5) is 28.4. The van der Waals surface area contributed by atoms with Gasteiger partial charge in [0.05, 0.1) is 17.1 Å². The molecule has 2 aromatic heterocycles. The van der Waals surface area contributed by atoms with Gasteiger partial charge in [-0.3, -0.25) is 20.6 Å². The number of nitrogens with zero attached hydrogens (tertiary/aromatic N) is 2. The van der Waals surface area contributed by atoms with Gasteiger partial charge < -0.3 is 19.9 Å². The fraction of sp³-hybridized carbons (Fsp3) is 0.0800. The molecule has 0 spiro atoms. The highest BCUT2D eigenvalue weighted by Crippen LogP contribution is 2.28. The lowest BCUT2D eigenvalue weighted by atomic mass is 10.2. The minimum absolute atomic E-state index is 0.244. The summed E-state index contributed by atoms with van der Waals surface area (Å²) < 4.78 is 7.72. The van der Waals surface area contributed by atoms with E-state index in [9.17, 15) is 9.59 Å². The first kappa shape index (κ1) is 23.7. The predicted octanol–water partition coefficient (Wildman–Crippen LogP) is 5.13. The van der Waals surface area contributed by atoms with E-state index in [1.54, 1.807) is 42.5 Å². The van der Waals surface area contributed by atoms with E-state index < -0.39 is 6.03 Å². The molecule has 0 unspecified atom stereocenters. The van der Waals surface area contributed by atoms with Crippen LogP contribution in [-0.4, -0.2) is 28.5 Å². The van der Waals surface area contributed by atoms with Crippen molar-refractivity contribution in [2.45, 2.75) is 6.92 Å². The number of carbonyl (C=O) groups is 2. The summed E-state index contributed by atoms with van der Waals surface area (Å²) in [5, 5.41) is 5.89. The second-order valence-corrected chi connectivity index (χ2v) is 7.91. The van der Waals surface area contributed by atoms with E-state index in [-0.39, 0.29) is 11.6 Å².